The highest BCUT2D eigenvalue weighted by atomic mass is 16.1. The summed E-state index contributed by atoms with van der Waals surface area (Å²) in [7, 11) is 0. The first-order valence-electron chi connectivity index (χ1n) is 6.70. The Labute approximate surface area is 122 Å². The van der Waals surface area contributed by atoms with Crippen LogP contribution in [0.5, 0.6) is 0 Å². The SMILES string of the molecule is Nc1ncccc1C(=O)NCc1ccc2ccccc2c1. The van der Waals surface area contributed by atoms with Crippen LogP contribution in [0.1, 0.15) is 15.9 Å². The van der Waals surface area contributed by atoms with Crippen molar-refractivity contribution >= 4 is 22.5 Å². The van der Waals surface area contributed by atoms with Gasteiger partial charge in [0.1, 0.15) is 5.82 Å². The van der Waals surface area contributed by atoms with Crippen molar-refractivity contribution < 1.29 is 4.79 Å². The molecule has 21 heavy (non-hydrogen) atoms. The molecule has 0 aliphatic heterocycles. The molecule has 4 nitrogen and oxygen atoms in total. The fourth-order valence-corrected chi connectivity index (χ4v) is 2.24. The molecule has 0 bridgehead atoms. The number of nitrogens with zero attached hydrogens (tertiary/aromatic N) is 1. The minimum absolute atomic E-state index is 0.214. The smallest absolute Gasteiger partial charge is 0.255 e. The lowest BCUT2D eigenvalue weighted by Gasteiger charge is -2.07. The minimum atomic E-state index is -0.214. The third-order valence-corrected chi connectivity index (χ3v) is 3.35. The molecule has 0 spiro atoms. The van der Waals surface area contributed by atoms with Gasteiger partial charge in [0.25, 0.3) is 5.91 Å². The lowest BCUT2D eigenvalue weighted by Crippen LogP contribution is -2.24. The van der Waals surface area contributed by atoms with Crippen LogP contribution in [-0.2, 0) is 6.54 Å². The summed E-state index contributed by atoms with van der Waals surface area (Å²) in [4.78, 5) is 16.0. The maximum atomic E-state index is 12.1. The number of carbonyl (C=O) groups is 1. The molecule has 2 aromatic carbocycles. The monoisotopic (exact) mass is 277 g/mol. The molecule has 4 heteroatoms. The molecular formula is C17H15N3O. The molecule has 3 aromatic rings. The number of aromatic nitrogens is 1. The number of hydrogen-bond acceptors (Lipinski definition) is 3. The van der Waals surface area contributed by atoms with E-state index in [0.29, 0.717) is 12.1 Å². The van der Waals surface area contributed by atoms with Crippen LogP contribution in [-0.4, -0.2) is 10.9 Å². The number of nitrogen functional groups attached to an aromatic ring is 1. The van der Waals surface area contributed by atoms with Crippen LogP contribution in [0, 0.1) is 0 Å². The molecule has 1 heterocycles. The Hall–Kier alpha value is -2.88. The van der Waals surface area contributed by atoms with Gasteiger partial charge < -0.3 is 11.1 Å². The second-order valence-corrected chi connectivity index (χ2v) is 4.80. The largest absolute Gasteiger partial charge is 0.383 e. The van der Waals surface area contributed by atoms with E-state index in [9.17, 15) is 4.79 Å². The highest BCUT2D eigenvalue weighted by Crippen LogP contribution is 2.15. The molecule has 104 valence electrons. The van der Waals surface area contributed by atoms with Gasteiger partial charge in [0.15, 0.2) is 0 Å². The zero-order valence-electron chi connectivity index (χ0n) is 11.4. The molecule has 1 aromatic heterocycles. The van der Waals surface area contributed by atoms with Gasteiger partial charge in [-0.05, 0) is 34.5 Å². The minimum Gasteiger partial charge on any atom is -0.383 e. The second kappa shape index (κ2) is 5.63. The van der Waals surface area contributed by atoms with E-state index in [0.717, 1.165) is 10.9 Å². The van der Waals surface area contributed by atoms with Gasteiger partial charge in [-0.3, -0.25) is 4.79 Å². The average Bonchev–Trinajstić information content (AvgIpc) is 2.53. The molecule has 0 radical (unpaired) electrons. The second-order valence-electron chi connectivity index (χ2n) is 4.80. The third-order valence-electron chi connectivity index (χ3n) is 3.35. The van der Waals surface area contributed by atoms with Crippen LogP contribution in [0.3, 0.4) is 0 Å². The molecule has 3 rings (SSSR count). The summed E-state index contributed by atoms with van der Waals surface area (Å²) in [5.41, 5.74) is 7.14. The molecule has 0 fully saturated rings. The molecular weight excluding hydrogens is 262 g/mol. The van der Waals surface area contributed by atoms with Gasteiger partial charge in [0.2, 0.25) is 0 Å². The summed E-state index contributed by atoms with van der Waals surface area (Å²) in [6, 6.07) is 17.6. The molecule has 0 aliphatic rings. The van der Waals surface area contributed by atoms with E-state index >= 15 is 0 Å². The number of rotatable bonds is 3. The number of nitrogens with two attached hydrogens (primary N) is 1. The van der Waals surface area contributed by atoms with Crippen LogP contribution >= 0.6 is 0 Å². The quantitative estimate of drug-likeness (QED) is 0.773. The first-order valence-corrected chi connectivity index (χ1v) is 6.70. The van der Waals surface area contributed by atoms with Gasteiger partial charge in [-0.1, -0.05) is 36.4 Å². The normalized spacial score (nSPS) is 10.5. The fourth-order valence-electron chi connectivity index (χ4n) is 2.24. The number of hydrogen-bond donors (Lipinski definition) is 2. The van der Waals surface area contributed by atoms with Gasteiger partial charge >= 0.3 is 0 Å². The Morgan fingerprint density at radius 3 is 2.67 bits per heavy atom. The lowest BCUT2D eigenvalue weighted by atomic mass is 10.1. The Kier molecular flexibility index (Phi) is 3.51. The van der Waals surface area contributed by atoms with Gasteiger partial charge in [-0.15, -0.1) is 0 Å². The predicted octanol–water partition coefficient (Wildman–Crippen LogP) is 2.75. The van der Waals surface area contributed by atoms with E-state index in [1.807, 2.05) is 18.2 Å². The number of carbonyl (C=O) groups excluding carboxylic acids is 1. The van der Waals surface area contributed by atoms with Crippen molar-refractivity contribution in [3.05, 3.63) is 71.9 Å². The van der Waals surface area contributed by atoms with Crippen molar-refractivity contribution in [3.63, 3.8) is 0 Å². The molecule has 1 amide bonds. The van der Waals surface area contributed by atoms with Crippen molar-refractivity contribution in [2.75, 3.05) is 5.73 Å². The van der Waals surface area contributed by atoms with Crippen LogP contribution in [0.25, 0.3) is 10.8 Å². The summed E-state index contributed by atoms with van der Waals surface area (Å²) >= 11 is 0. The molecule has 0 saturated heterocycles. The van der Waals surface area contributed by atoms with Crippen molar-refractivity contribution in [1.29, 1.82) is 0 Å². The fraction of sp³-hybridized carbons (Fsp3) is 0.0588. The molecule has 0 aliphatic carbocycles. The number of anilines is 1. The summed E-state index contributed by atoms with van der Waals surface area (Å²) in [5, 5.41) is 5.20. The zero-order chi connectivity index (χ0) is 14.7. The summed E-state index contributed by atoms with van der Waals surface area (Å²) in [6.45, 7) is 0.456. The van der Waals surface area contributed by atoms with Crippen LogP contribution in [0.4, 0.5) is 5.82 Å². The molecule has 0 saturated carbocycles. The van der Waals surface area contributed by atoms with E-state index in [1.165, 1.54) is 5.39 Å². The topological polar surface area (TPSA) is 68.0 Å². The number of benzene rings is 2. The van der Waals surface area contributed by atoms with Gasteiger partial charge in [-0.25, -0.2) is 4.98 Å². The predicted molar refractivity (Wildman–Crippen MR) is 83.8 cm³/mol. The van der Waals surface area contributed by atoms with Crippen molar-refractivity contribution in [2.45, 2.75) is 6.54 Å². The van der Waals surface area contributed by atoms with Crippen LogP contribution in [0.2, 0.25) is 0 Å². The van der Waals surface area contributed by atoms with E-state index in [2.05, 4.69) is 34.6 Å². The average molecular weight is 277 g/mol. The molecule has 3 N–H and O–H groups in total. The van der Waals surface area contributed by atoms with E-state index < -0.39 is 0 Å². The first kappa shape index (κ1) is 13.1. The van der Waals surface area contributed by atoms with E-state index in [4.69, 9.17) is 5.73 Å². The zero-order valence-corrected chi connectivity index (χ0v) is 11.4. The number of amides is 1. The molecule has 0 atom stereocenters. The standard InChI is InChI=1S/C17H15N3O/c18-16-15(6-3-9-19-16)17(21)20-11-12-7-8-13-4-1-2-5-14(13)10-12/h1-10H,11H2,(H2,18,19)(H,20,21). The van der Waals surface area contributed by atoms with Gasteiger partial charge in [-0.2, -0.15) is 0 Å². The number of pyridine rings is 1. The van der Waals surface area contributed by atoms with E-state index in [-0.39, 0.29) is 11.7 Å². The summed E-state index contributed by atoms with van der Waals surface area (Å²) in [6.07, 6.45) is 1.56. The maximum Gasteiger partial charge on any atom is 0.255 e. The van der Waals surface area contributed by atoms with Gasteiger partial charge in [0, 0.05) is 12.7 Å². The Morgan fingerprint density at radius 2 is 1.86 bits per heavy atom. The third kappa shape index (κ3) is 2.84. The number of nitrogens with one attached hydrogen (secondary N) is 1. The summed E-state index contributed by atoms with van der Waals surface area (Å²) < 4.78 is 0. The molecule has 0 unspecified atom stereocenters. The van der Waals surface area contributed by atoms with Crippen molar-refractivity contribution in [1.82, 2.24) is 10.3 Å². The Bertz CT molecular complexity index is 799. The van der Waals surface area contributed by atoms with Crippen LogP contribution < -0.4 is 11.1 Å². The highest BCUT2D eigenvalue weighted by molar-refractivity contribution is 5.98. The lowest BCUT2D eigenvalue weighted by molar-refractivity contribution is 0.0951. The van der Waals surface area contributed by atoms with Crippen molar-refractivity contribution in [2.24, 2.45) is 0 Å². The first-order chi connectivity index (χ1) is 10.2. The van der Waals surface area contributed by atoms with Crippen molar-refractivity contribution in [3.8, 4) is 0 Å². The van der Waals surface area contributed by atoms with Crippen LogP contribution in [0.15, 0.2) is 60.8 Å². The number of fused-ring (bicyclic) bond motifs is 1. The van der Waals surface area contributed by atoms with Gasteiger partial charge in [0.05, 0.1) is 5.56 Å². The van der Waals surface area contributed by atoms with E-state index in [1.54, 1.807) is 18.3 Å². The highest BCUT2D eigenvalue weighted by Gasteiger charge is 2.09. The summed E-state index contributed by atoms with van der Waals surface area (Å²) in [5.74, 6) is 0.0299. The Morgan fingerprint density at radius 1 is 1.05 bits per heavy atom. The Balaban J connectivity index is 1.74. The maximum absolute atomic E-state index is 12.1.